The van der Waals surface area contributed by atoms with Crippen molar-refractivity contribution in [3.05, 3.63) is 118 Å². The molecule has 1 aromatic heterocycles. The Morgan fingerprint density at radius 3 is 2.27 bits per heavy atom. The molecule has 0 bridgehead atoms. The summed E-state index contributed by atoms with van der Waals surface area (Å²) >= 11 is 1.27. The van der Waals surface area contributed by atoms with E-state index in [9.17, 15) is 14.4 Å². The molecule has 0 aliphatic rings. The van der Waals surface area contributed by atoms with Crippen LogP contribution in [0.3, 0.4) is 0 Å². The molecule has 2 unspecified atom stereocenters. The fourth-order valence-electron chi connectivity index (χ4n) is 3.69. The van der Waals surface area contributed by atoms with Gasteiger partial charge in [0, 0.05) is 23.7 Å². The predicted molar refractivity (Wildman–Crippen MR) is 143 cm³/mol. The number of carbonyl (C=O) groups excluding carboxylic acids is 3. The van der Waals surface area contributed by atoms with Crippen molar-refractivity contribution in [2.45, 2.75) is 18.6 Å². The zero-order chi connectivity index (χ0) is 26.0. The minimum atomic E-state index is -1.24. The Hall–Kier alpha value is -4.43. The monoisotopic (exact) mass is 514 g/mol. The molecule has 0 saturated heterocycles. The van der Waals surface area contributed by atoms with E-state index in [-0.39, 0.29) is 12.3 Å². The topological polar surface area (TPSA) is 93.7 Å². The lowest BCUT2D eigenvalue weighted by atomic mass is 10.0. The number of amides is 2. The van der Waals surface area contributed by atoms with Crippen LogP contribution in [0.15, 0.2) is 102 Å². The van der Waals surface area contributed by atoms with Crippen LogP contribution in [-0.4, -0.2) is 30.9 Å². The number of rotatable bonds is 10. The number of hydrogen-bond acceptors (Lipinski definition) is 6. The molecule has 0 spiro atoms. The van der Waals surface area contributed by atoms with Gasteiger partial charge in [0.25, 0.3) is 11.8 Å². The Labute approximate surface area is 219 Å². The van der Waals surface area contributed by atoms with Gasteiger partial charge in [-0.3, -0.25) is 9.59 Å². The number of nitrogens with one attached hydrogen (secondary N) is 2. The second-order valence-electron chi connectivity index (χ2n) is 8.14. The van der Waals surface area contributed by atoms with Crippen LogP contribution in [0.5, 0.6) is 5.75 Å². The summed E-state index contributed by atoms with van der Waals surface area (Å²) < 4.78 is 11.0. The lowest BCUT2D eigenvalue weighted by molar-refractivity contribution is -0.156. The van der Waals surface area contributed by atoms with Gasteiger partial charge in [0.05, 0.1) is 12.0 Å². The smallest absolute Gasteiger partial charge is 0.330 e. The average molecular weight is 515 g/mol. The Kier molecular flexibility index (Phi) is 8.67. The summed E-state index contributed by atoms with van der Waals surface area (Å²) in [7, 11) is 1.53. The summed E-state index contributed by atoms with van der Waals surface area (Å²) in [5.41, 5.74) is 1.83. The highest BCUT2D eigenvalue weighted by atomic mass is 32.1. The lowest BCUT2D eigenvalue weighted by Gasteiger charge is -2.23. The van der Waals surface area contributed by atoms with Crippen molar-refractivity contribution in [3.63, 3.8) is 0 Å². The summed E-state index contributed by atoms with van der Waals surface area (Å²) in [6, 6.07) is 27.4. The third kappa shape index (κ3) is 7.05. The number of hydrogen-bond donors (Lipinski definition) is 2. The molecule has 1 heterocycles. The van der Waals surface area contributed by atoms with Crippen LogP contribution in [-0.2, 0) is 20.7 Å². The molecule has 188 valence electrons. The van der Waals surface area contributed by atoms with E-state index in [4.69, 9.17) is 9.47 Å². The second kappa shape index (κ2) is 12.5. The first-order valence-electron chi connectivity index (χ1n) is 11.6. The maximum absolute atomic E-state index is 13.5. The van der Waals surface area contributed by atoms with E-state index in [1.54, 1.807) is 66.0 Å². The molecule has 4 aromatic rings. The SMILES string of the molecule is COc1cccc(NC(=O)C(OC(=O)C(Cc2ccccc2)NC(=O)c2cccs2)c2ccccc2)c1. The van der Waals surface area contributed by atoms with E-state index in [0.29, 0.717) is 21.9 Å². The molecule has 0 aliphatic carbocycles. The average Bonchev–Trinajstić information content (AvgIpc) is 3.48. The zero-order valence-electron chi connectivity index (χ0n) is 20.1. The van der Waals surface area contributed by atoms with Gasteiger partial charge in [0.1, 0.15) is 11.8 Å². The van der Waals surface area contributed by atoms with Gasteiger partial charge < -0.3 is 20.1 Å². The van der Waals surface area contributed by atoms with Crippen LogP contribution in [0.25, 0.3) is 0 Å². The fourth-order valence-corrected chi connectivity index (χ4v) is 4.31. The summed E-state index contributed by atoms with van der Waals surface area (Å²) in [6.45, 7) is 0. The van der Waals surface area contributed by atoms with Crippen LogP contribution in [0.2, 0.25) is 0 Å². The molecule has 37 heavy (non-hydrogen) atoms. The number of anilines is 1. The standard InChI is InChI=1S/C29H26N2O5S/c1-35-23-15-8-14-22(19-23)30-28(33)26(21-12-6-3-7-13-21)36-29(34)24(18-20-10-4-2-5-11-20)31-27(32)25-16-9-17-37-25/h2-17,19,24,26H,18H2,1H3,(H,30,33)(H,31,32). The molecule has 2 atom stereocenters. The van der Waals surface area contributed by atoms with Gasteiger partial charge in [-0.2, -0.15) is 0 Å². The number of carbonyl (C=O) groups is 3. The second-order valence-corrected chi connectivity index (χ2v) is 9.09. The van der Waals surface area contributed by atoms with Crippen LogP contribution < -0.4 is 15.4 Å². The van der Waals surface area contributed by atoms with Crippen molar-refractivity contribution < 1.29 is 23.9 Å². The first-order chi connectivity index (χ1) is 18.0. The molecule has 2 N–H and O–H groups in total. The molecule has 0 saturated carbocycles. The minimum Gasteiger partial charge on any atom is -0.497 e. The van der Waals surface area contributed by atoms with Gasteiger partial charge in [-0.05, 0) is 29.1 Å². The third-order valence-corrected chi connectivity index (χ3v) is 6.40. The van der Waals surface area contributed by atoms with E-state index < -0.39 is 24.0 Å². The van der Waals surface area contributed by atoms with Crippen molar-refractivity contribution in [2.24, 2.45) is 0 Å². The van der Waals surface area contributed by atoms with Gasteiger partial charge in [-0.15, -0.1) is 11.3 Å². The maximum Gasteiger partial charge on any atom is 0.330 e. The molecule has 2 amide bonds. The van der Waals surface area contributed by atoms with Crippen LogP contribution >= 0.6 is 11.3 Å². The fraction of sp³-hybridized carbons (Fsp3) is 0.138. The molecule has 4 rings (SSSR count). The van der Waals surface area contributed by atoms with Crippen LogP contribution in [0, 0.1) is 0 Å². The van der Waals surface area contributed by atoms with Gasteiger partial charge >= 0.3 is 5.97 Å². The first-order valence-corrected chi connectivity index (χ1v) is 12.5. The summed E-state index contributed by atoms with van der Waals surface area (Å²) in [5.74, 6) is -1.06. The number of benzene rings is 3. The van der Waals surface area contributed by atoms with Gasteiger partial charge in [0.15, 0.2) is 0 Å². The van der Waals surface area contributed by atoms with Crippen LogP contribution in [0.1, 0.15) is 26.9 Å². The van der Waals surface area contributed by atoms with Gasteiger partial charge in [0.2, 0.25) is 6.10 Å². The minimum absolute atomic E-state index is 0.204. The van der Waals surface area contributed by atoms with Gasteiger partial charge in [-0.1, -0.05) is 72.8 Å². The van der Waals surface area contributed by atoms with E-state index >= 15 is 0 Å². The Bertz CT molecular complexity index is 1330. The first kappa shape index (κ1) is 25.7. The maximum atomic E-state index is 13.5. The van der Waals surface area contributed by atoms with E-state index in [2.05, 4.69) is 10.6 Å². The molecular weight excluding hydrogens is 488 g/mol. The largest absolute Gasteiger partial charge is 0.497 e. The number of esters is 1. The molecule has 7 nitrogen and oxygen atoms in total. The molecule has 0 aliphatic heterocycles. The highest BCUT2D eigenvalue weighted by molar-refractivity contribution is 7.12. The summed E-state index contributed by atoms with van der Waals surface area (Å²) in [6.07, 6.45) is -1.03. The van der Waals surface area contributed by atoms with Crippen molar-refractivity contribution in [1.29, 1.82) is 0 Å². The highest BCUT2D eigenvalue weighted by Crippen LogP contribution is 2.23. The summed E-state index contributed by atoms with van der Waals surface area (Å²) in [5, 5.41) is 7.35. The van der Waals surface area contributed by atoms with Gasteiger partial charge in [-0.25, -0.2) is 4.79 Å². The lowest BCUT2D eigenvalue weighted by Crippen LogP contribution is -2.44. The zero-order valence-corrected chi connectivity index (χ0v) is 20.9. The van der Waals surface area contributed by atoms with E-state index in [1.807, 2.05) is 36.4 Å². The predicted octanol–water partition coefficient (Wildman–Crippen LogP) is 5.02. The Morgan fingerprint density at radius 1 is 0.865 bits per heavy atom. The van der Waals surface area contributed by atoms with E-state index in [1.165, 1.54) is 18.4 Å². The summed E-state index contributed by atoms with van der Waals surface area (Å²) in [4.78, 5) is 40.1. The van der Waals surface area contributed by atoms with E-state index in [0.717, 1.165) is 5.56 Å². The molecular formula is C29H26N2O5S. The number of ether oxygens (including phenoxy) is 2. The molecule has 8 heteroatoms. The molecule has 0 fully saturated rings. The molecule has 0 radical (unpaired) electrons. The normalized spacial score (nSPS) is 12.1. The Morgan fingerprint density at radius 2 is 1.59 bits per heavy atom. The van der Waals surface area contributed by atoms with Crippen molar-refractivity contribution in [2.75, 3.05) is 12.4 Å². The van der Waals surface area contributed by atoms with Crippen molar-refractivity contribution in [1.82, 2.24) is 5.32 Å². The quantitative estimate of drug-likeness (QED) is 0.290. The van der Waals surface area contributed by atoms with Crippen LogP contribution in [0.4, 0.5) is 5.69 Å². The number of methoxy groups -OCH3 is 1. The van der Waals surface area contributed by atoms with Crippen molar-refractivity contribution >= 4 is 34.8 Å². The molecule has 3 aromatic carbocycles. The van der Waals surface area contributed by atoms with Crippen molar-refractivity contribution in [3.8, 4) is 5.75 Å². The Balaban J connectivity index is 1.57. The number of thiophene rings is 1. The third-order valence-electron chi connectivity index (χ3n) is 5.53. The highest BCUT2D eigenvalue weighted by Gasteiger charge is 2.31.